The van der Waals surface area contributed by atoms with E-state index in [1.54, 1.807) is 29.0 Å². The summed E-state index contributed by atoms with van der Waals surface area (Å²) in [7, 11) is 1.78. The van der Waals surface area contributed by atoms with Crippen molar-refractivity contribution in [3.63, 3.8) is 0 Å². The number of aromatic nitrogens is 2. The Morgan fingerprint density at radius 1 is 1.26 bits per heavy atom. The van der Waals surface area contributed by atoms with Crippen LogP contribution in [0.15, 0.2) is 36.7 Å². The van der Waals surface area contributed by atoms with Gasteiger partial charge in [-0.05, 0) is 24.3 Å². The first-order valence-corrected chi connectivity index (χ1v) is 7.13. The molecule has 0 spiro atoms. The maximum absolute atomic E-state index is 12.9. The Balaban J connectivity index is 1.61. The zero-order valence-electron chi connectivity index (χ0n) is 12.6. The van der Waals surface area contributed by atoms with E-state index in [1.165, 1.54) is 29.2 Å². The van der Waals surface area contributed by atoms with E-state index in [2.05, 4.69) is 10.4 Å². The monoisotopic (exact) mass is 317 g/mol. The number of halogens is 1. The molecular weight excluding hydrogens is 301 g/mol. The SMILES string of the molecule is Cn1cc(N2CCN(C(=O)Nc3ccc(F)cc3)CC2=O)cn1. The van der Waals surface area contributed by atoms with Gasteiger partial charge in [0.1, 0.15) is 12.4 Å². The molecule has 1 aromatic carbocycles. The summed E-state index contributed by atoms with van der Waals surface area (Å²) in [6.07, 6.45) is 3.37. The number of urea groups is 1. The molecule has 0 bridgehead atoms. The van der Waals surface area contributed by atoms with Crippen molar-refractivity contribution in [1.82, 2.24) is 14.7 Å². The number of carbonyl (C=O) groups excluding carboxylic acids is 2. The molecule has 7 nitrogen and oxygen atoms in total. The van der Waals surface area contributed by atoms with Gasteiger partial charge in [0.15, 0.2) is 0 Å². The summed E-state index contributed by atoms with van der Waals surface area (Å²) in [5.41, 5.74) is 1.20. The molecule has 1 fully saturated rings. The third-order valence-corrected chi connectivity index (χ3v) is 3.61. The molecule has 0 atom stereocenters. The molecule has 1 aliphatic heterocycles. The fourth-order valence-electron chi connectivity index (χ4n) is 2.40. The maximum Gasteiger partial charge on any atom is 0.322 e. The van der Waals surface area contributed by atoms with Gasteiger partial charge in [-0.15, -0.1) is 0 Å². The van der Waals surface area contributed by atoms with Gasteiger partial charge in [0.2, 0.25) is 5.91 Å². The highest BCUT2D eigenvalue weighted by molar-refractivity contribution is 5.99. The van der Waals surface area contributed by atoms with Gasteiger partial charge in [0, 0.05) is 32.0 Å². The van der Waals surface area contributed by atoms with Crippen molar-refractivity contribution in [3.8, 4) is 0 Å². The van der Waals surface area contributed by atoms with E-state index < -0.39 is 0 Å². The Bertz CT molecular complexity index is 728. The minimum atomic E-state index is -0.379. The second-order valence-electron chi connectivity index (χ2n) is 5.28. The summed E-state index contributed by atoms with van der Waals surface area (Å²) in [5, 5.41) is 6.69. The number of anilines is 2. The number of nitrogens with one attached hydrogen (secondary N) is 1. The summed E-state index contributed by atoms with van der Waals surface area (Å²) in [6.45, 7) is 0.803. The second kappa shape index (κ2) is 6.07. The molecule has 2 aromatic rings. The number of benzene rings is 1. The molecule has 1 aromatic heterocycles. The second-order valence-corrected chi connectivity index (χ2v) is 5.28. The van der Waals surface area contributed by atoms with Crippen LogP contribution in [-0.2, 0) is 11.8 Å². The summed E-state index contributed by atoms with van der Waals surface area (Å²) in [4.78, 5) is 27.4. The molecule has 1 saturated heterocycles. The molecule has 23 heavy (non-hydrogen) atoms. The van der Waals surface area contributed by atoms with Crippen LogP contribution < -0.4 is 10.2 Å². The van der Waals surface area contributed by atoms with Crippen molar-refractivity contribution < 1.29 is 14.0 Å². The van der Waals surface area contributed by atoms with E-state index >= 15 is 0 Å². The average molecular weight is 317 g/mol. The molecule has 0 radical (unpaired) electrons. The number of piperazine rings is 1. The van der Waals surface area contributed by atoms with Crippen molar-refractivity contribution >= 4 is 23.3 Å². The van der Waals surface area contributed by atoms with Crippen LogP contribution in [0, 0.1) is 5.82 Å². The molecule has 1 N–H and O–H groups in total. The summed E-state index contributed by atoms with van der Waals surface area (Å²) in [5.74, 6) is -0.540. The average Bonchev–Trinajstić information content (AvgIpc) is 2.95. The van der Waals surface area contributed by atoms with Gasteiger partial charge in [-0.1, -0.05) is 0 Å². The summed E-state index contributed by atoms with van der Waals surface area (Å²) >= 11 is 0. The van der Waals surface area contributed by atoms with Crippen LogP contribution in [0.4, 0.5) is 20.6 Å². The molecule has 0 saturated carbocycles. The number of amides is 3. The van der Waals surface area contributed by atoms with Gasteiger partial charge in [-0.2, -0.15) is 5.10 Å². The van der Waals surface area contributed by atoms with Crippen LogP contribution in [0.3, 0.4) is 0 Å². The molecule has 1 aliphatic rings. The Kier molecular flexibility index (Phi) is 3.96. The number of nitrogens with zero attached hydrogens (tertiary/aromatic N) is 4. The topological polar surface area (TPSA) is 70.5 Å². The standard InChI is InChI=1S/C15H16FN5O2/c1-19-9-13(8-17-19)21-7-6-20(10-14(21)22)15(23)18-12-4-2-11(16)3-5-12/h2-5,8-9H,6-7,10H2,1H3,(H,18,23). The third-order valence-electron chi connectivity index (χ3n) is 3.61. The van der Waals surface area contributed by atoms with Gasteiger partial charge in [0.25, 0.3) is 0 Å². The van der Waals surface area contributed by atoms with Crippen molar-refractivity contribution in [2.45, 2.75) is 0 Å². The van der Waals surface area contributed by atoms with E-state index in [1.807, 2.05) is 0 Å². The van der Waals surface area contributed by atoms with Crippen LogP contribution in [0.25, 0.3) is 0 Å². The molecule has 0 aliphatic carbocycles. The van der Waals surface area contributed by atoms with Gasteiger partial charge < -0.3 is 15.1 Å². The Morgan fingerprint density at radius 2 is 2.00 bits per heavy atom. The van der Waals surface area contributed by atoms with Crippen molar-refractivity contribution in [1.29, 1.82) is 0 Å². The van der Waals surface area contributed by atoms with Gasteiger partial charge in [-0.3, -0.25) is 9.48 Å². The Labute approximate surface area is 132 Å². The highest BCUT2D eigenvalue weighted by Gasteiger charge is 2.28. The van der Waals surface area contributed by atoms with Gasteiger partial charge in [-0.25, -0.2) is 9.18 Å². The van der Waals surface area contributed by atoms with E-state index in [4.69, 9.17) is 0 Å². The zero-order valence-corrected chi connectivity index (χ0v) is 12.6. The minimum Gasteiger partial charge on any atom is -0.313 e. The van der Waals surface area contributed by atoms with Crippen LogP contribution in [0.5, 0.6) is 0 Å². The quantitative estimate of drug-likeness (QED) is 0.911. The van der Waals surface area contributed by atoms with Crippen LogP contribution in [0.2, 0.25) is 0 Å². The largest absolute Gasteiger partial charge is 0.322 e. The van der Waals surface area contributed by atoms with Crippen LogP contribution >= 0.6 is 0 Å². The van der Waals surface area contributed by atoms with E-state index in [9.17, 15) is 14.0 Å². The first-order valence-electron chi connectivity index (χ1n) is 7.13. The maximum atomic E-state index is 12.9. The van der Waals surface area contributed by atoms with Gasteiger partial charge >= 0.3 is 6.03 Å². The lowest BCUT2D eigenvalue weighted by Gasteiger charge is -2.33. The minimum absolute atomic E-state index is 0.0120. The number of rotatable bonds is 2. The molecule has 3 amide bonds. The van der Waals surface area contributed by atoms with Crippen LogP contribution in [0.1, 0.15) is 0 Å². The van der Waals surface area contributed by atoms with Crippen LogP contribution in [-0.4, -0.2) is 46.3 Å². The Morgan fingerprint density at radius 3 is 2.61 bits per heavy atom. The lowest BCUT2D eigenvalue weighted by Crippen LogP contribution is -2.53. The number of carbonyl (C=O) groups is 2. The van der Waals surface area contributed by atoms with Crippen molar-refractivity contribution in [3.05, 3.63) is 42.5 Å². The number of hydrogen-bond donors (Lipinski definition) is 1. The number of hydrogen-bond acceptors (Lipinski definition) is 3. The van der Waals surface area contributed by atoms with Crippen molar-refractivity contribution in [2.75, 3.05) is 29.9 Å². The lowest BCUT2D eigenvalue weighted by atomic mass is 10.3. The zero-order chi connectivity index (χ0) is 16.4. The van der Waals surface area contributed by atoms with E-state index in [0.717, 1.165) is 5.69 Å². The highest BCUT2D eigenvalue weighted by Crippen LogP contribution is 2.17. The number of aryl methyl sites for hydroxylation is 1. The predicted molar refractivity (Wildman–Crippen MR) is 82.6 cm³/mol. The third kappa shape index (κ3) is 3.31. The normalized spacial score (nSPS) is 15.0. The van der Waals surface area contributed by atoms with E-state index in [0.29, 0.717) is 18.8 Å². The molecule has 0 unspecified atom stereocenters. The first kappa shape index (κ1) is 15.0. The summed E-state index contributed by atoms with van der Waals surface area (Å²) < 4.78 is 14.5. The van der Waals surface area contributed by atoms with E-state index in [-0.39, 0.29) is 24.3 Å². The first-order chi connectivity index (χ1) is 11.0. The van der Waals surface area contributed by atoms with Gasteiger partial charge in [0.05, 0.1) is 11.9 Å². The molecule has 3 rings (SSSR count). The highest BCUT2D eigenvalue weighted by atomic mass is 19.1. The molecular formula is C15H16FN5O2. The fourth-order valence-corrected chi connectivity index (χ4v) is 2.40. The molecule has 2 heterocycles. The lowest BCUT2D eigenvalue weighted by molar-refractivity contribution is -0.120. The smallest absolute Gasteiger partial charge is 0.313 e. The summed E-state index contributed by atoms with van der Waals surface area (Å²) in [6, 6.07) is 5.10. The molecule has 8 heteroatoms. The molecule has 120 valence electrons. The van der Waals surface area contributed by atoms with Crippen molar-refractivity contribution in [2.24, 2.45) is 7.05 Å². The predicted octanol–water partition coefficient (Wildman–Crippen LogP) is 1.44. The fraction of sp³-hybridized carbons (Fsp3) is 0.267. The Hall–Kier alpha value is -2.90.